The molecule has 2 aromatic rings. The van der Waals surface area contributed by atoms with Crippen molar-refractivity contribution in [2.75, 3.05) is 6.61 Å². The first kappa shape index (κ1) is 18.8. The minimum absolute atomic E-state index is 0.169. The van der Waals surface area contributed by atoms with Crippen molar-refractivity contribution in [2.24, 2.45) is 5.92 Å². The van der Waals surface area contributed by atoms with Crippen LogP contribution in [0.1, 0.15) is 47.3 Å². The van der Waals surface area contributed by atoms with E-state index in [9.17, 15) is 14.9 Å². The number of furan rings is 1. The van der Waals surface area contributed by atoms with Crippen molar-refractivity contribution in [3.63, 3.8) is 0 Å². The number of nitrogens with zero attached hydrogens (tertiary/aromatic N) is 2. The molecule has 1 saturated carbocycles. The number of nitriles is 1. The second-order valence-electron chi connectivity index (χ2n) is 7.16. The van der Waals surface area contributed by atoms with Crippen molar-refractivity contribution in [1.82, 2.24) is 9.88 Å². The molecule has 1 amide bonds. The van der Waals surface area contributed by atoms with E-state index in [1.807, 2.05) is 30.5 Å². The highest BCUT2D eigenvalue weighted by atomic mass is 16.5. The molecule has 0 saturated heterocycles. The number of aryl methyl sites for hydroxylation is 1. The number of ether oxygens (including phenoxy) is 1. The van der Waals surface area contributed by atoms with Crippen LogP contribution in [0.2, 0.25) is 0 Å². The Morgan fingerprint density at radius 1 is 1.44 bits per heavy atom. The average molecular weight is 369 g/mol. The summed E-state index contributed by atoms with van der Waals surface area (Å²) in [7, 11) is 0. The molecule has 0 bridgehead atoms. The Labute approximate surface area is 157 Å². The first-order valence-corrected chi connectivity index (χ1v) is 8.92. The Morgan fingerprint density at radius 2 is 2.19 bits per heavy atom. The Kier molecular flexibility index (Phi) is 5.08. The molecule has 2 heterocycles. The summed E-state index contributed by atoms with van der Waals surface area (Å²) in [5.41, 5.74) is 1.15. The van der Waals surface area contributed by atoms with Crippen molar-refractivity contribution in [2.45, 2.75) is 45.7 Å². The predicted molar refractivity (Wildman–Crippen MR) is 96.9 cm³/mol. The van der Waals surface area contributed by atoms with Gasteiger partial charge in [0, 0.05) is 11.4 Å². The summed E-state index contributed by atoms with van der Waals surface area (Å²) in [5, 5.41) is 12.0. The highest BCUT2D eigenvalue weighted by molar-refractivity contribution is 5.92. The fourth-order valence-electron chi connectivity index (χ4n) is 3.23. The number of carbonyl (C=O) groups excluding carboxylic acids is 2. The number of nitrogens with one attached hydrogen (secondary N) is 1. The Balaban J connectivity index is 1.61. The van der Waals surface area contributed by atoms with Gasteiger partial charge in [0.05, 0.1) is 24.4 Å². The van der Waals surface area contributed by atoms with E-state index in [4.69, 9.17) is 9.15 Å². The molecule has 0 spiro atoms. The minimum Gasteiger partial charge on any atom is -0.467 e. The van der Waals surface area contributed by atoms with Crippen LogP contribution in [0.3, 0.4) is 0 Å². The van der Waals surface area contributed by atoms with Gasteiger partial charge in [-0.05, 0) is 57.7 Å². The van der Waals surface area contributed by atoms with Crippen LogP contribution in [0.15, 0.2) is 28.9 Å². The van der Waals surface area contributed by atoms with Gasteiger partial charge in [0.1, 0.15) is 11.3 Å². The van der Waals surface area contributed by atoms with E-state index in [1.165, 1.54) is 0 Å². The molecule has 7 heteroatoms. The van der Waals surface area contributed by atoms with Crippen LogP contribution in [-0.4, -0.2) is 28.6 Å². The third kappa shape index (κ3) is 4.05. The van der Waals surface area contributed by atoms with Gasteiger partial charge in [-0.1, -0.05) is 0 Å². The Hall–Kier alpha value is -3.01. The molecule has 1 atom stereocenters. The molecule has 0 unspecified atom stereocenters. The number of hydrogen-bond donors (Lipinski definition) is 1. The van der Waals surface area contributed by atoms with E-state index < -0.39 is 24.0 Å². The van der Waals surface area contributed by atoms with Gasteiger partial charge >= 0.3 is 5.97 Å². The molecular weight excluding hydrogens is 346 g/mol. The number of rotatable bonds is 7. The van der Waals surface area contributed by atoms with E-state index in [0.717, 1.165) is 30.0 Å². The van der Waals surface area contributed by atoms with Crippen LogP contribution < -0.4 is 5.32 Å². The lowest BCUT2D eigenvalue weighted by Gasteiger charge is -2.22. The van der Waals surface area contributed by atoms with Crippen LogP contribution >= 0.6 is 0 Å². The maximum atomic E-state index is 12.4. The number of amides is 1. The van der Waals surface area contributed by atoms with Crippen LogP contribution in [0.4, 0.5) is 0 Å². The molecule has 0 aromatic carbocycles. The van der Waals surface area contributed by atoms with Gasteiger partial charge < -0.3 is 19.0 Å². The fourth-order valence-corrected chi connectivity index (χ4v) is 3.23. The highest BCUT2D eigenvalue weighted by Gasteiger charge is 2.43. The molecule has 0 aliphatic heterocycles. The highest BCUT2D eigenvalue weighted by Crippen LogP contribution is 2.39. The number of carbonyl (C=O) groups is 2. The summed E-state index contributed by atoms with van der Waals surface area (Å²) in [4.78, 5) is 24.5. The first-order valence-electron chi connectivity index (χ1n) is 8.92. The summed E-state index contributed by atoms with van der Waals surface area (Å²) in [6.45, 7) is 5.53. The Bertz CT molecular complexity index is 887. The monoisotopic (exact) mass is 369 g/mol. The van der Waals surface area contributed by atoms with Gasteiger partial charge in [-0.2, -0.15) is 5.26 Å². The second-order valence-corrected chi connectivity index (χ2v) is 7.16. The second kappa shape index (κ2) is 7.31. The molecule has 7 nitrogen and oxygen atoms in total. The number of esters is 1. The van der Waals surface area contributed by atoms with E-state index >= 15 is 0 Å². The number of aromatic nitrogens is 1. The minimum atomic E-state index is -0.900. The SMILES string of the molecule is Cc1cc(C(=O)OCC(=O)N[C@@](C)(C#N)C2CC2)c(C)n1Cc1ccco1. The van der Waals surface area contributed by atoms with Gasteiger partial charge in [-0.15, -0.1) is 0 Å². The maximum Gasteiger partial charge on any atom is 0.340 e. The topological polar surface area (TPSA) is 97.3 Å². The lowest BCUT2D eigenvalue weighted by Crippen LogP contribution is -2.48. The van der Waals surface area contributed by atoms with Crippen molar-refractivity contribution in [3.05, 3.63) is 47.2 Å². The predicted octanol–water partition coefficient (Wildman–Crippen LogP) is 2.71. The van der Waals surface area contributed by atoms with Crippen molar-refractivity contribution < 1.29 is 18.7 Å². The molecule has 1 aliphatic carbocycles. The van der Waals surface area contributed by atoms with Gasteiger partial charge in [-0.3, -0.25) is 4.79 Å². The molecule has 142 valence electrons. The van der Waals surface area contributed by atoms with Gasteiger partial charge in [-0.25, -0.2) is 4.79 Å². The number of hydrogen-bond acceptors (Lipinski definition) is 5. The molecule has 0 radical (unpaired) electrons. The van der Waals surface area contributed by atoms with Crippen LogP contribution in [0.5, 0.6) is 0 Å². The molecule has 1 aliphatic rings. The molecule has 3 rings (SSSR count). The van der Waals surface area contributed by atoms with Crippen molar-refractivity contribution in [3.8, 4) is 6.07 Å². The largest absolute Gasteiger partial charge is 0.467 e. The molecule has 1 fully saturated rings. The summed E-state index contributed by atoms with van der Waals surface area (Å²) >= 11 is 0. The van der Waals surface area contributed by atoms with E-state index in [2.05, 4.69) is 11.4 Å². The maximum absolute atomic E-state index is 12.4. The lowest BCUT2D eigenvalue weighted by atomic mass is 9.98. The summed E-state index contributed by atoms with van der Waals surface area (Å²) in [6.07, 6.45) is 3.45. The zero-order chi connectivity index (χ0) is 19.6. The van der Waals surface area contributed by atoms with Crippen LogP contribution in [0, 0.1) is 31.1 Å². The lowest BCUT2D eigenvalue weighted by molar-refractivity contribution is -0.125. The quantitative estimate of drug-likeness (QED) is 0.757. The average Bonchev–Trinajstić information content (AvgIpc) is 3.32. The van der Waals surface area contributed by atoms with Gasteiger partial charge in [0.2, 0.25) is 0 Å². The van der Waals surface area contributed by atoms with Gasteiger partial charge in [0.15, 0.2) is 6.61 Å². The zero-order valence-electron chi connectivity index (χ0n) is 15.7. The third-order valence-corrected chi connectivity index (χ3v) is 5.05. The van der Waals surface area contributed by atoms with E-state index in [1.54, 1.807) is 19.3 Å². The molecule has 2 aromatic heterocycles. The first-order chi connectivity index (χ1) is 12.8. The summed E-state index contributed by atoms with van der Waals surface area (Å²) in [5.74, 6) is -0.0765. The summed E-state index contributed by atoms with van der Waals surface area (Å²) < 4.78 is 12.5. The van der Waals surface area contributed by atoms with E-state index in [-0.39, 0.29) is 5.92 Å². The summed E-state index contributed by atoms with van der Waals surface area (Å²) in [6, 6.07) is 7.57. The fraction of sp³-hybridized carbons (Fsp3) is 0.450. The van der Waals surface area contributed by atoms with Crippen molar-refractivity contribution >= 4 is 11.9 Å². The van der Waals surface area contributed by atoms with Crippen LogP contribution in [-0.2, 0) is 16.1 Å². The van der Waals surface area contributed by atoms with Crippen LogP contribution in [0.25, 0.3) is 0 Å². The third-order valence-electron chi connectivity index (χ3n) is 5.05. The molecule has 27 heavy (non-hydrogen) atoms. The zero-order valence-corrected chi connectivity index (χ0v) is 15.7. The standard InChI is InChI=1S/C20H23N3O4/c1-13-9-17(14(2)23(13)10-16-5-4-8-26-16)19(25)27-11-18(24)22-20(3,12-21)15-6-7-15/h4-5,8-9,15H,6-7,10-11H2,1-3H3,(H,22,24)/t20-/m0/s1. The molecule has 1 N–H and O–H groups in total. The Morgan fingerprint density at radius 3 is 2.78 bits per heavy atom. The molecular formula is C20H23N3O4. The van der Waals surface area contributed by atoms with Crippen molar-refractivity contribution in [1.29, 1.82) is 5.26 Å². The normalized spacial score (nSPS) is 15.6. The smallest absolute Gasteiger partial charge is 0.340 e. The van der Waals surface area contributed by atoms with E-state index in [0.29, 0.717) is 12.1 Å². The van der Waals surface area contributed by atoms with Gasteiger partial charge in [0.25, 0.3) is 5.91 Å².